The number of aliphatic carboxylic acids is 1. The van der Waals surface area contributed by atoms with Gasteiger partial charge < -0.3 is 5.11 Å². The molecule has 0 aliphatic heterocycles. The minimum Gasteiger partial charge on any atom is -0.481 e. The van der Waals surface area contributed by atoms with Crippen LogP contribution in [0.1, 0.15) is 0 Å². The van der Waals surface area contributed by atoms with Gasteiger partial charge in [0.25, 0.3) is 0 Å². The van der Waals surface area contributed by atoms with Crippen LogP contribution in [0.25, 0.3) is 0 Å². The van der Waals surface area contributed by atoms with Gasteiger partial charge in [-0.15, -0.1) is 11.8 Å². The first kappa shape index (κ1) is 14.2. The van der Waals surface area contributed by atoms with Gasteiger partial charge >= 0.3 is 12.1 Å². The van der Waals surface area contributed by atoms with Crippen molar-refractivity contribution in [2.24, 2.45) is 5.92 Å². The first-order chi connectivity index (χ1) is 7.82. The minimum absolute atomic E-state index is 0.309. The Morgan fingerprint density at radius 3 is 2.47 bits per heavy atom. The molecule has 7 heteroatoms. The molecule has 0 amide bonds. The Morgan fingerprint density at radius 2 is 2.00 bits per heavy atom. The highest BCUT2D eigenvalue weighted by molar-refractivity contribution is 7.99. The number of carboxylic acids is 1. The normalized spacial score (nSPS) is 13.4. The van der Waals surface area contributed by atoms with Crippen LogP contribution < -0.4 is 0 Å². The van der Waals surface area contributed by atoms with Gasteiger partial charge in [0.2, 0.25) is 0 Å². The fraction of sp³-hybridized carbons (Fsp3) is 0.300. The molecule has 2 nitrogen and oxygen atoms in total. The summed E-state index contributed by atoms with van der Waals surface area (Å²) in [6, 6.07) is 6.35. The second kappa shape index (κ2) is 5.64. The molecule has 94 valence electrons. The standard InChI is InChI=1S/C10H8ClF3O2S/c11-7-3-1-2-4-8(7)17-5-6(9(15)16)10(12,13)14/h1-4,6H,5H2,(H,15,16). The molecular weight excluding hydrogens is 277 g/mol. The average molecular weight is 285 g/mol. The Balaban J connectivity index is 2.72. The van der Waals surface area contributed by atoms with Crippen molar-refractivity contribution in [1.82, 2.24) is 0 Å². The van der Waals surface area contributed by atoms with E-state index in [0.29, 0.717) is 9.92 Å². The maximum atomic E-state index is 12.3. The van der Waals surface area contributed by atoms with Crippen LogP contribution in [0.4, 0.5) is 13.2 Å². The minimum atomic E-state index is -4.75. The predicted octanol–water partition coefficient (Wildman–Crippen LogP) is 3.70. The summed E-state index contributed by atoms with van der Waals surface area (Å²) in [4.78, 5) is 10.9. The zero-order valence-electron chi connectivity index (χ0n) is 8.37. The van der Waals surface area contributed by atoms with E-state index in [-0.39, 0.29) is 0 Å². The number of hydrogen-bond donors (Lipinski definition) is 1. The number of carboxylic acid groups (broad SMARTS) is 1. The lowest BCUT2D eigenvalue weighted by molar-refractivity contribution is -0.188. The molecule has 0 aromatic heterocycles. The van der Waals surface area contributed by atoms with Crippen molar-refractivity contribution in [1.29, 1.82) is 0 Å². The Labute approximate surface area is 105 Å². The number of halogens is 4. The fourth-order valence-electron chi connectivity index (χ4n) is 1.04. The molecule has 17 heavy (non-hydrogen) atoms. The van der Waals surface area contributed by atoms with Crippen molar-refractivity contribution in [3.63, 3.8) is 0 Å². The van der Waals surface area contributed by atoms with Gasteiger partial charge in [0.1, 0.15) is 0 Å². The maximum absolute atomic E-state index is 12.3. The smallest absolute Gasteiger partial charge is 0.403 e. The Kier molecular flexibility index (Phi) is 4.70. The van der Waals surface area contributed by atoms with E-state index in [1.54, 1.807) is 18.2 Å². The summed E-state index contributed by atoms with van der Waals surface area (Å²) in [5.74, 6) is -4.86. The van der Waals surface area contributed by atoms with Crippen molar-refractivity contribution in [3.05, 3.63) is 29.3 Å². The van der Waals surface area contributed by atoms with Gasteiger partial charge in [-0.1, -0.05) is 23.7 Å². The zero-order chi connectivity index (χ0) is 13.1. The monoisotopic (exact) mass is 284 g/mol. The van der Waals surface area contributed by atoms with E-state index in [2.05, 4.69) is 0 Å². The third-order valence-electron chi connectivity index (χ3n) is 1.94. The van der Waals surface area contributed by atoms with Crippen LogP contribution >= 0.6 is 23.4 Å². The first-order valence-electron chi connectivity index (χ1n) is 4.49. The molecular formula is C10H8ClF3O2S. The summed E-state index contributed by atoms with van der Waals surface area (Å²) in [6.45, 7) is 0. The van der Waals surface area contributed by atoms with Crippen LogP contribution in [0.15, 0.2) is 29.2 Å². The third-order valence-corrected chi connectivity index (χ3v) is 3.54. The van der Waals surface area contributed by atoms with Gasteiger partial charge in [0.15, 0.2) is 5.92 Å². The molecule has 0 fully saturated rings. The fourth-order valence-corrected chi connectivity index (χ4v) is 2.40. The number of hydrogen-bond acceptors (Lipinski definition) is 2. The number of carbonyl (C=O) groups is 1. The van der Waals surface area contributed by atoms with Crippen LogP contribution in [0.2, 0.25) is 5.02 Å². The molecule has 0 heterocycles. The van der Waals surface area contributed by atoms with Crippen LogP contribution in [0, 0.1) is 5.92 Å². The summed E-state index contributed by atoms with van der Waals surface area (Å²) in [7, 11) is 0. The molecule has 1 unspecified atom stereocenters. The zero-order valence-corrected chi connectivity index (χ0v) is 9.94. The summed E-state index contributed by atoms with van der Waals surface area (Å²) in [6.07, 6.45) is -4.75. The third kappa shape index (κ3) is 4.12. The van der Waals surface area contributed by atoms with Crippen molar-refractivity contribution in [2.75, 3.05) is 5.75 Å². The number of alkyl halides is 3. The average Bonchev–Trinajstić information content (AvgIpc) is 2.18. The van der Waals surface area contributed by atoms with Crippen molar-refractivity contribution < 1.29 is 23.1 Å². The van der Waals surface area contributed by atoms with E-state index in [9.17, 15) is 18.0 Å². The summed E-state index contributed by atoms with van der Waals surface area (Å²) in [5.41, 5.74) is 0. The largest absolute Gasteiger partial charge is 0.481 e. The molecule has 0 aliphatic carbocycles. The molecule has 0 bridgehead atoms. The highest BCUT2D eigenvalue weighted by atomic mass is 35.5. The van der Waals surface area contributed by atoms with Crippen LogP contribution in [0.5, 0.6) is 0 Å². The highest BCUT2D eigenvalue weighted by Gasteiger charge is 2.44. The number of rotatable bonds is 4. The molecule has 1 N–H and O–H groups in total. The van der Waals surface area contributed by atoms with Gasteiger partial charge in [-0.3, -0.25) is 4.79 Å². The molecule has 0 spiro atoms. The predicted molar refractivity (Wildman–Crippen MR) is 59.4 cm³/mol. The van der Waals surface area contributed by atoms with Gasteiger partial charge in [0.05, 0.1) is 5.02 Å². The Hall–Kier alpha value is -0.880. The number of benzene rings is 1. The number of thioether (sulfide) groups is 1. The summed E-state index contributed by atoms with van der Waals surface area (Å²) in [5, 5.41) is 8.80. The van der Waals surface area contributed by atoms with Gasteiger partial charge in [0, 0.05) is 10.6 Å². The van der Waals surface area contributed by atoms with Crippen LogP contribution in [-0.4, -0.2) is 23.0 Å². The molecule has 0 radical (unpaired) electrons. The van der Waals surface area contributed by atoms with Gasteiger partial charge in [-0.05, 0) is 12.1 Å². The Morgan fingerprint density at radius 1 is 1.41 bits per heavy atom. The lowest BCUT2D eigenvalue weighted by atomic mass is 10.2. The lowest BCUT2D eigenvalue weighted by Crippen LogP contribution is -2.32. The van der Waals surface area contributed by atoms with E-state index in [1.807, 2.05) is 0 Å². The Bertz CT molecular complexity index is 409. The molecule has 0 saturated heterocycles. The second-order valence-corrected chi connectivity index (χ2v) is 4.64. The molecule has 1 aromatic carbocycles. The van der Waals surface area contributed by atoms with E-state index >= 15 is 0 Å². The quantitative estimate of drug-likeness (QED) is 0.857. The highest BCUT2D eigenvalue weighted by Crippen LogP contribution is 2.34. The van der Waals surface area contributed by atoms with E-state index in [4.69, 9.17) is 16.7 Å². The van der Waals surface area contributed by atoms with Crippen molar-refractivity contribution in [3.8, 4) is 0 Å². The SMILES string of the molecule is O=C(O)C(CSc1ccccc1Cl)C(F)(F)F. The van der Waals surface area contributed by atoms with Crippen LogP contribution in [-0.2, 0) is 4.79 Å². The molecule has 1 rings (SSSR count). The van der Waals surface area contributed by atoms with E-state index < -0.39 is 23.8 Å². The van der Waals surface area contributed by atoms with Crippen LogP contribution in [0.3, 0.4) is 0 Å². The van der Waals surface area contributed by atoms with Crippen molar-refractivity contribution >= 4 is 29.3 Å². The van der Waals surface area contributed by atoms with E-state index in [1.165, 1.54) is 6.07 Å². The van der Waals surface area contributed by atoms with E-state index in [0.717, 1.165) is 11.8 Å². The molecule has 1 atom stereocenters. The maximum Gasteiger partial charge on any atom is 0.403 e. The first-order valence-corrected chi connectivity index (χ1v) is 5.85. The summed E-state index contributed by atoms with van der Waals surface area (Å²) >= 11 is 6.53. The van der Waals surface area contributed by atoms with Gasteiger partial charge in [-0.2, -0.15) is 13.2 Å². The topological polar surface area (TPSA) is 37.3 Å². The molecule has 0 saturated carbocycles. The van der Waals surface area contributed by atoms with Gasteiger partial charge in [-0.25, -0.2) is 0 Å². The summed E-state index contributed by atoms with van der Waals surface area (Å²) < 4.78 is 37.0. The van der Waals surface area contributed by atoms with Crippen molar-refractivity contribution in [2.45, 2.75) is 11.1 Å². The lowest BCUT2D eigenvalue weighted by Gasteiger charge is -2.15. The molecule has 0 aliphatic rings. The second-order valence-electron chi connectivity index (χ2n) is 3.17. The molecule has 1 aromatic rings.